The van der Waals surface area contributed by atoms with Crippen LogP contribution in [0.15, 0.2) is 126 Å². The van der Waals surface area contributed by atoms with Crippen LogP contribution in [-0.4, -0.2) is 16.1 Å². The number of pyridine rings is 1. The molecule has 0 N–H and O–H groups in total. The molecule has 0 unspecified atom stereocenters. The number of hydrogen-bond acceptors (Lipinski definition) is 5. The van der Waals surface area contributed by atoms with Gasteiger partial charge in [-0.2, -0.15) is 6.07 Å². The van der Waals surface area contributed by atoms with E-state index in [1.54, 1.807) is 0 Å². The minimum atomic E-state index is -0.250. The molecule has 0 saturated carbocycles. The van der Waals surface area contributed by atoms with Gasteiger partial charge < -0.3 is 14.6 Å². The maximum atomic E-state index is 6.75. The van der Waals surface area contributed by atoms with Crippen molar-refractivity contribution in [2.75, 3.05) is 4.90 Å². The van der Waals surface area contributed by atoms with Crippen molar-refractivity contribution < 1.29 is 25.8 Å². The van der Waals surface area contributed by atoms with E-state index in [9.17, 15) is 0 Å². The number of rotatable bonds is 5. The Labute approximate surface area is 325 Å². The summed E-state index contributed by atoms with van der Waals surface area (Å²) >= 11 is 1.85. The van der Waals surface area contributed by atoms with Crippen molar-refractivity contribution in [1.82, 2.24) is 4.98 Å². The van der Waals surface area contributed by atoms with Crippen LogP contribution in [0.4, 0.5) is 17.2 Å². The van der Waals surface area contributed by atoms with Gasteiger partial charge in [0.15, 0.2) is 0 Å². The number of aliphatic imine (C=N–C) groups is 1. The van der Waals surface area contributed by atoms with Crippen LogP contribution in [0.1, 0.15) is 73.2 Å². The summed E-state index contributed by atoms with van der Waals surface area (Å²) in [5, 5.41) is 1.36. The molecule has 4 nitrogen and oxygen atoms in total. The molecule has 2 atom stereocenters. The van der Waals surface area contributed by atoms with Crippen LogP contribution in [0, 0.1) is 12.1 Å². The molecule has 0 saturated heterocycles. The van der Waals surface area contributed by atoms with E-state index >= 15 is 0 Å². The van der Waals surface area contributed by atoms with Gasteiger partial charge in [-0.15, -0.1) is 41.1 Å². The van der Waals surface area contributed by atoms with Gasteiger partial charge in [-0.05, 0) is 63.3 Å². The molecule has 1 aliphatic carbocycles. The Morgan fingerprint density at radius 2 is 1.56 bits per heavy atom. The van der Waals surface area contributed by atoms with Crippen LogP contribution in [0.25, 0.3) is 11.1 Å². The van der Waals surface area contributed by atoms with E-state index in [1.165, 1.54) is 27.8 Å². The molecule has 0 radical (unpaired) electrons. The Kier molecular flexibility index (Phi) is 8.79. The molecule has 5 aromatic carbocycles. The first-order chi connectivity index (χ1) is 24.6. The fourth-order valence-corrected chi connectivity index (χ4v) is 9.11. The first kappa shape index (κ1) is 34.6. The summed E-state index contributed by atoms with van der Waals surface area (Å²) in [7, 11) is 0. The van der Waals surface area contributed by atoms with Crippen molar-refractivity contribution in [2.24, 2.45) is 4.99 Å². The zero-order valence-electron chi connectivity index (χ0n) is 29.9. The molecule has 0 fully saturated rings. The summed E-state index contributed by atoms with van der Waals surface area (Å²) in [4.78, 5) is 12.4. The monoisotopic (exact) mass is 876 g/mol. The Hall–Kier alpha value is -4.44. The van der Waals surface area contributed by atoms with Crippen molar-refractivity contribution in [1.29, 1.82) is 0 Å². The first-order valence-corrected chi connectivity index (χ1v) is 18.6. The van der Waals surface area contributed by atoms with Crippen molar-refractivity contribution in [2.45, 2.75) is 63.2 Å². The molecule has 6 aromatic rings. The van der Waals surface area contributed by atoms with E-state index in [1.807, 2.05) is 30.1 Å². The number of nitrogens with zero attached hydrogens (tertiary/aromatic N) is 3. The van der Waals surface area contributed by atoms with Crippen LogP contribution in [-0.2, 0) is 38.3 Å². The number of benzene rings is 5. The number of thioether (sulfide) groups is 1. The molecule has 0 bridgehead atoms. The number of ether oxygens (including phenoxy) is 1. The quantitative estimate of drug-likeness (QED) is 0.162. The van der Waals surface area contributed by atoms with Crippen LogP contribution in [0.5, 0.6) is 11.5 Å². The fourth-order valence-electron chi connectivity index (χ4n) is 7.77. The number of para-hydroxylation sites is 1. The number of fused-ring (bicyclic) bond motifs is 5. The summed E-state index contributed by atoms with van der Waals surface area (Å²) in [5.74, 6) is 2.13. The number of anilines is 3. The first-order valence-electron chi connectivity index (χ1n) is 17.7. The second-order valence-corrected chi connectivity index (χ2v) is 16.4. The summed E-state index contributed by atoms with van der Waals surface area (Å²) in [5.41, 5.74) is 11.4. The average molecular weight is 877 g/mol. The van der Waals surface area contributed by atoms with Crippen molar-refractivity contribution >= 4 is 34.0 Å². The topological polar surface area (TPSA) is 37.7 Å². The SMILES string of the molecule is CC(C)(C)c1ccnc(N2c3[c-]c(Oc4[c-]c(C5=N[C@@H]6Cc7ccccc7[C@@H]6S5)cc(-c5ccccc5)c4)ccc3C(C)(C)c3ccccc32)c1.[Pt+2]. The third-order valence-electron chi connectivity index (χ3n) is 10.5. The zero-order chi connectivity index (χ0) is 34.9. The van der Waals surface area contributed by atoms with Crippen LogP contribution in [0.2, 0.25) is 0 Å². The Bertz CT molecular complexity index is 2350. The normalized spacial score (nSPS) is 18.0. The van der Waals surface area contributed by atoms with Gasteiger partial charge in [-0.3, -0.25) is 0 Å². The van der Waals surface area contributed by atoms with Crippen molar-refractivity contribution in [3.8, 4) is 22.6 Å². The molecule has 2 aliphatic heterocycles. The van der Waals surface area contributed by atoms with Gasteiger partial charge >= 0.3 is 21.1 Å². The maximum Gasteiger partial charge on any atom is 2.00 e. The molecular weight excluding hydrogens is 838 g/mol. The molecule has 9 rings (SSSR count). The minimum absolute atomic E-state index is 0. The van der Waals surface area contributed by atoms with Gasteiger partial charge in [-0.25, -0.2) is 4.98 Å². The van der Waals surface area contributed by atoms with E-state index in [4.69, 9.17) is 14.7 Å². The van der Waals surface area contributed by atoms with Gasteiger partial charge in [-0.1, -0.05) is 131 Å². The minimum Gasteiger partial charge on any atom is -0.503 e. The van der Waals surface area contributed by atoms with E-state index in [2.05, 4.69) is 155 Å². The second-order valence-electron chi connectivity index (χ2n) is 15.3. The van der Waals surface area contributed by atoms with Gasteiger partial charge in [0.05, 0.1) is 6.04 Å². The standard InChI is InChI=1S/C46H39N3OS.Pt/c1-45(2,3)33-21-22-47-42(27-33)49-40-18-12-11-17-37(40)46(4,5)38-20-19-34(28-41(38)49)50-35-24-31(29-13-7-6-8-14-29)23-32(25-35)44-48-39-26-30-15-9-10-16-36(30)43(39)51-44;/h6-24,27,39,43H,26H2,1-5H3;/q-2;+2/t39-,43+;/m1./s1. The molecule has 3 heterocycles. The van der Waals surface area contributed by atoms with Gasteiger partial charge in [0.2, 0.25) is 0 Å². The average Bonchev–Trinajstić information content (AvgIpc) is 3.71. The predicted molar refractivity (Wildman–Crippen MR) is 210 cm³/mol. The van der Waals surface area contributed by atoms with E-state index in [0.717, 1.165) is 45.3 Å². The largest absolute Gasteiger partial charge is 2.00 e. The van der Waals surface area contributed by atoms with Crippen LogP contribution < -0.4 is 9.64 Å². The summed E-state index contributed by atoms with van der Waals surface area (Å²) < 4.78 is 6.75. The van der Waals surface area contributed by atoms with E-state index in [-0.39, 0.29) is 37.9 Å². The number of aromatic nitrogens is 1. The molecule has 260 valence electrons. The summed E-state index contributed by atoms with van der Waals surface area (Å²) in [6.45, 7) is 11.3. The van der Waals surface area contributed by atoms with Gasteiger partial charge in [0, 0.05) is 33.7 Å². The van der Waals surface area contributed by atoms with Crippen molar-refractivity contribution in [3.63, 3.8) is 0 Å². The molecule has 3 aliphatic rings. The summed E-state index contributed by atoms with van der Waals surface area (Å²) in [6.07, 6.45) is 2.90. The fraction of sp³-hybridized carbons (Fsp3) is 0.217. The van der Waals surface area contributed by atoms with Gasteiger partial charge in [0.25, 0.3) is 0 Å². The third kappa shape index (κ3) is 6.02. The molecule has 0 amide bonds. The smallest absolute Gasteiger partial charge is 0.503 e. The Morgan fingerprint density at radius 1 is 0.788 bits per heavy atom. The second kappa shape index (κ2) is 13.2. The van der Waals surface area contributed by atoms with Crippen molar-refractivity contribution in [3.05, 3.63) is 167 Å². The number of hydrogen-bond donors (Lipinski definition) is 0. The van der Waals surface area contributed by atoms with Crippen LogP contribution in [0.3, 0.4) is 0 Å². The van der Waals surface area contributed by atoms with Gasteiger partial charge in [0.1, 0.15) is 5.82 Å². The third-order valence-corrected chi connectivity index (χ3v) is 11.9. The van der Waals surface area contributed by atoms with E-state index < -0.39 is 0 Å². The molecule has 52 heavy (non-hydrogen) atoms. The Balaban J connectivity index is 0.00000387. The maximum absolute atomic E-state index is 6.75. The van der Waals surface area contributed by atoms with E-state index in [0.29, 0.717) is 16.7 Å². The molecule has 1 aromatic heterocycles. The molecular formula is C46H39N3OPtS. The summed E-state index contributed by atoms with van der Waals surface area (Å²) in [6, 6.07) is 48.3. The predicted octanol–water partition coefficient (Wildman–Crippen LogP) is 11.7. The molecule has 6 heteroatoms. The molecule has 0 spiro atoms. The Morgan fingerprint density at radius 3 is 2.38 bits per heavy atom. The van der Waals surface area contributed by atoms with Crippen LogP contribution >= 0.6 is 11.8 Å². The zero-order valence-corrected chi connectivity index (χ0v) is 33.0.